The molecule has 2 unspecified atom stereocenters. The molecule has 100 valence electrons. The second-order valence-corrected chi connectivity index (χ2v) is 4.22. The summed E-state index contributed by atoms with van der Waals surface area (Å²) in [6, 6.07) is -0.803. The molecule has 0 aliphatic carbocycles. The number of nitrogens with two attached hydrogens (primary N) is 1. The molecule has 0 rings (SSSR count). The highest BCUT2D eigenvalue weighted by Crippen LogP contribution is 2.04. The van der Waals surface area contributed by atoms with E-state index in [0.29, 0.717) is 13.0 Å². The lowest BCUT2D eigenvalue weighted by molar-refractivity contribution is -0.139. The third-order valence-electron chi connectivity index (χ3n) is 2.51. The van der Waals surface area contributed by atoms with Gasteiger partial charge in [-0.3, -0.25) is 9.59 Å². The first kappa shape index (κ1) is 15.9. The fraction of sp³-hybridized carbons (Fsp3) is 0.818. The van der Waals surface area contributed by atoms with Crippen LogP contribution >= 0.6 is 0 Å². The molecule has 0 saturated heterocycles. The maximum Gasteiger partial charge on any atom is 0.320 e. The lowest BCUT2D eigenvalue weighted by Gasteiger charge is -2.10. The van der Waals surface area contributed by atoms with E-state index in [1.807, 2.05) is 0 Å². The molecule has 0 aromatic carbocycles. The van der Waals surface area contributed by atoms with Crippen molar-refractivity contribution in [3.8, 4) is 0 Å². The first-order valence-electron chi connectivity index (χ1n) is 5.87. The van der Waals surface area contributed by atoms with Gasteiger partial charge in [0.25, 0.3) is 0 Å². The van der Waals surface area contributed by atoms with Crippen LogP contribution in [0.4, 0.5) is 0 Å². The Balaban J connectivity index is 3.35. The molecule has 0 saturated carbocycles. The van der Waals surface area contributed by atoms with Gasteiger partial charge in [-0.1, -0.05) is 12.8 Å². The minimum Gasteiger partial charge on any atom is -0.481 e. The van der Waals surface area contributed by atoms with Crippen LogP contribution in [-0.2, 0) is 9.59 Å². The molecule has 0 aliphatic heterocycles. The topological polar surface area (TPSA) is 113 Å². The Kier molecular flexibility index (Phi) is 8.35. The van der Waals surface area contributed by atoms with Crippen LogP contribution in [-0.4, -0.2) is 40.8 Å². The maximum atomic E-state index is 10.5. The van der Waals surface area contributed by atoms with Gasteiger partial charge in [-0.25, -0.2) is 0 Å². The van der Waals surface area contributed by atoms with E-state index >= 15 is 0 Å². The number of nitrogens with one attached hydrogen (secondary N) is 1. The predicted octanol–water partition coefficient (Wildman–Crippen LogP) is 0.412. The lowest BCUT2D eigenvalue weighted by Crippen LogP contribution is -2.34. The first-order chi connectivity index (χ1) is 7.93. The van der Waals surface area contributed by atoms with Crippen molar-refractivity contribution < 1.29 is 19.8 Å². The molecule has 0 aliphatic rings. The van der Waals surface area contributed by atoms with Crippen LogP contribution in [0.5, 0.6) is 0 Å². The normalized spacial score (nSPS) is 14.2. The fourth-order valence-corrected chi connectivity index (χ4v) is 1.44. The van der Waals surface area contributed by atoms with E-state index in [1.54, 1.807) is 6.92 Å². The second kappa shape index (κ2) is 8.95. The summed E-state index contributed by atoms with van der Waals surface area (Å²) in [5.41, 5.74) is 5.60. The Morgan fingerprint density at radius 3 is 2.41 bits per heavy atom. The number of hydrogen-bond donors (Lipinski definition) is 4. The quantitative estimate of drug-likeness (QED) is 0.415. The van der Waals surface area contributed by atoms with E-state index < -0.39 is 18.0 Å². The molecule has 2 atom stereocenters. The summed E-state index contributed by atoms with van der Waals surface area (Å²) >= 11 is 0. The summed E-state index contributed by atoms with van der Waals surface area (Å²) in [4.78, 5) is 20.8. The molecule has 0 heterocycles. The monoisotopic (exact) mass is 246 g/mol. The van der Waals surface area contributed by atoms with Crippen molar-refractivity contribution in [1.29, 1.82) is 0 Å². The van der Waals surface area contributed by atoms with Gasteiger partial charge < -0.3 is 21.3 Å². The molecular formula is C11H22N2O4. The van der Waals surface area contributed by atoms with Crippen molar-refractivity contribution in [3.63, 3.8) is 0 Å². The summed E-state index contributed by atoms with van der Waals surface area (Å²) < 4.78 is 0. The van der Waals surface area contributed by atoms with Crippen molar-refractivity contribution >= 4 is 11.9 Å². The standard InChI is InChI=1S/C11H22N2O4/c1-8(11(16)17)13-6-4-2-3-5-9(12)7-10(14)15/h8-9,13H,2-7,12H2,1H3,(H,14,15)(H,16,17). The Hall–Kier alpha value is -1.14. The van der Waals surface area contributed by atoms with Crippen LogP contribution in [0.1, 0.15) is 39.0 Å². The number of carboxylic acids is 2. The van der Waals surface area contributed by atoms with E-state index in [-0.39, 0.29) is 12.5 Å². The van der Waals surface area contributed by atoms with Crippen LogP contribution in [0, 0.1) is 0 Å². The number of unbranched alkanes of at least 4 members (excludes halogenated alkanes) is 2. The van der Waals surface area contributed by atoms with Gasteiger partial charge in [-0.15, -0.1) is 0 Å². The zero-order valence-corrected chi connectivity index (χ0v) is 10.2. The van der Waals surface area contributed by atoms with Crippen molar-refractivity contribution in [2.45, 2.75) is 51.1 Å². The minimum atomic E-state index is -0.866. The predicted molar refractivity (Wildman–Crippen MR) is 63.8 cm³/mol. The van der Waals surface area contributed by atoms with E-state index in [4.69, 9.17) is 15.9 Å². The van der Waals surface area contributed by atoms with Crippen LogP contribution in [0.3, 0.4) is 0 Å². The molecule has 17 heavy (non-hydrogen) atoms. The number of aliphatic carboxylic acids is 2. The molecule has 0 fully saturated rings. The molecular weight excluding hydrogens is 224 g/mol. The van der Waals surface area contributed by atoms with Gasteiger partial charge in [0.1, 0.15) is 6.04 Å². The lowest BCUT2D eigenvalue weighted by atomic mass is 10.1. The molecule has 5 N–H and O–H groups in total. The van der Waals surface area contributed by atoms with Crippen molar-refractivity contribution in [2.24, 2.45) is 5.73 Å². The average molecular weight is 246 g/mol. The summed E-state index contributed by atoms with van der Waals surface area (Å²) in [7, 11) is 0. The van der Waals surface area contributed by atoms with E-state index in [1.165, 1.54) is 0 Å². The molecule has 6 heteroatoms. The zero-order chi connectivity index (χ0) is 13.3. The smallest absolute Gasteiger partial charge is 0.320 e. The van der Waals surface area contributed by atoms with Gasteiger partial charge >= 0.3 is 11.9 Å². The Labute approximate surface area is 101 Å². The molecule has 0 radical (unpaired) electrons. The summed E-state index contributed by atoms with van der Waals surface area (Å²) in [5.74, 6) is -1.72. The van der Waals surface area contributed by atoms with Gasteiger partial charge in [0, 0.05) is 6.04 Å². The molecule has 0 spiro atoms. The maximum absolute atomic E-state index is 10.5. The van der Waals surface area contributed by atoms with Gasteiger partial charge in [0.15, 0.2) is 0 Å². The third kappa shape index (κ3) is 9.77. The summed E-state index contributed by atoms with van der Waals surface area (Å²) in [6.07, 6.45) is 3.37. The summed E-state index contributed by atoms with van der Waals surface area (Å²) in [6.45, 7) is 2.26. The fourth-order valence-electron chi connectivity index (χ4n) is 1.44. The third-order valence-corrected chi connectivity index (χ3v) is 2.51. The van der Waals surface area contributed by atoms with E-state index in [2.05, 4.69) is 5.32 Å². The molecule has 0 aromatic rings. The number of hydrogen-bond acceptors (Lipinski definition) is 4. The van der Waals surface area contributed by atoms with Gasteiger partial charge in [-0.05, 0) is 26.3 Å². The van der Waals surface area contributed by atoms with Crippen LogP contribution < -0.4 is 11.1 Å². The highest BCUT2D eigenvalue weighted by atomic mass is 16.4. The molecule has 0 amide bonds. The van der Waals surface area contributed by atoms with Crippen molar-refractivity contribution in [1.82, 2.24) is 5.32 Å². The second-order valence-electron chi connectivity index (χ2n) is 4.22. The van der Waals surface area contributed by atoms with E-state index in [0.717, 1.165) is 19.3 Å². The molecule has 0 bridgehead atoms. The number of carbonyl (C=O) groups is 2. The van der Waals surface area contributed by atoms with E-state index in [9.17, 15) is 9.59 Å². The van der Waals surface area contributed by atoms with Gasteiger partial charge in [0.2, 0.25) is 0 Å². The number of rotatable bonds is 10. The largest absolute Gasteiger partial charge is 0.481 e. The SMILES string of the molecule is CC(NCCCCCC(N)CC(=O)O)C(=O)O. The Morgan fingerprint density at radius 2 is 1.88 bits per heavy atom. The van der Waals surface area contributed by atoms with Crippen LogP contribution in [0.15, 0.2) is 0 Å². The first-order valence-corrected chi connectivity index (χ1v) is 5.87. The highest BCUT2D eigenvalue weighted by molar-refractivity contribution is 5.72. The van der Waals surface area contributed by atoms with Crippen LogP contribution in [0.2, 0.25) is 0 Å². The van der Waals surface area contributed by atoms with Crippen molar-refractivity contribution in [3.05, 3.63) is 0 Å². The Bertz CT molecular complexity index is 246. The van der Waals surface area contributed by atoms with Gasteiger partial charge in [-0.2, -0.15) is 0 Å². The zero-order valence-electron chi connectivity index (χ0n) is 10.2. The Morgan fingerprint density at radius 1 is 1.24 bits per heavy atom. The minimum absolute atomic E-state index is 0.00823. The van der Waals surface area contributed by atoms with Crippen LogP contribution in [0.25, 0.3) is 0 Å². The number of carboxylic acid groups (broad SMARTS) is 2. The highest BCUT2D eigenvalue weighted by Gasteiger charge is 2.09. The molecule has 6 nitrogen and oxygen atoms in total. The molecule has 0 aromatic heterocycles. The van der Waals surface area contributed by atoms with Crippen molar-refractivity contribution in [2.75, 3.05) is 6.54 Å². The summed E-state index contributed by atoms with van der Waals surface area (Å²) in [5, 5.41) is 20.0. The average Bonchev–Trinajstić information content (AvgIpc) is 2.21. The van der Waals surface area contributed by atoms with Gasteiger partial charge in [0.05, 0.1) is 6.42 Å².